The Morgan fingerprint density at radius 2 is 1.16 bits per heavy atom. The molecule has 0 aromatic carbocycles. The highest BCUT2D eigenvalue weighted by Gasteiger charge is 2.07. The van der Waals surface area contributed by atoms with Gasteiger partial charge in [0.1, 0.15) is 0 Å². The van der Waals surface area contributed by atoms with Crippen molar-refractivity contribution in [2.75, 3.05) is 26.7 Å². The molecule has 0 unspecified atom stereocenters. The first kappa shape index (κ1) is 16.9. The second-order valence-electron chi connectivity index (χ2n) is 3.75. The van der Waals surface area contributed by atoms with Gasteiger partial charge in [-0.3, -0.25) is 19.2 Å². The van der Waals surface area contributed by atoms with Gasteiger partial charge in [0.05, 0.1) is 19.6 Å². The van der Waals surface area contributed by atoms with Crippen LogP contribution in [0.5, 0.6) is 0 Å². The number of amides is 4. The lowest BCUT2D eigenvalue weighted by molar-refractivity contribution is -0.128. The summed E-state index contributed by atoms with van der Waals surface area (Å²) in [6, 6.07) is 0. The van der Waals surface area contributed by atoms with E-state index in [9.17, 15) is 19.2 Å². The van der Waals surface area contributed by atoms with E-state index in [2.05, 4.69) is 21.3 Å². The molecule has 4 amide bonds. The van der Waals surface area contributed by atoms with E-state index in [-0.39, 0.29) is 31.4 Å². The largest absolute Gasteiger partial charge is 0.358 e. The third-order valence-electron chi connectivity index (χ3n) is 2.09. The summed E-state index contributed by atoms with van der Waals surface area (Å²) in [5.74, 6) is -1.47. The van der Waals surface area contributed by atoms with Crippen LogP contribution in [0.4, 0.5) is 0 Å². The van der Waals surface area contributed by atoms with Crippen molar-refractivity contribution in [2.24, 2.45) is 0 Å². The van der Waals surface area contributed by atoms with Crippen molar-refractivity contribution in [2.45, 2.75) is 19.8 Å². The Bertz CT molecular complexity index is 344. The number of nitrogens with one attached hydrogen (secondary N) is 4. The van der Waals surface area contributed by atoms with Crippen LogP contribution in [0.2, 0.25) is 0 Å². The highest BCUT2D eigenvalue weighted by atomic mass is 16.2. The predicted molar refractivity (Wildman–Crippen MR) is 68.0 cm³/mol. The zero-order chi connectivity index (χ0) is 14.7. The van der Waals surface area contributed by atoms with Gasteiger partial charge in [-0.2, -0.15) is 0 Å². The number of hydrogen-bond acceptors (Lipinski definition) is 4. The van der Waals surface area contributed by atoms with Gasteiger partial charge in [0.15, 0.2) is 0 Å². The summed E-state index contributed by atoms with van der Waals surface area (Å²) in [6.07, 6.45) is 1.06. The van der Waals surface area contributed by atoms with Gasteiger partial charge >= 0.3 is 0 Å². The molecule has 0 radical (unpaired) electrons. The smallest absolute Gasteiger partial charge is 0.239 e. The maximum atomic E-state index is 11.3. The van der Waals surface area contributed by atoms with Gasteiger partial charge in [-0.25, -0.2) is 0 Å². The highest BCUT2D eigenvalue weighted by Crippen LogP contribution is 1.84. The van der Waals surface area contributed by atoms with Crippen LogP contribution < -0.4 is 21.3 Å². The number of carbonyl (C=O) groups excluding carboxylic acids is 4. The number of hydrogen-bond donors (Lipinski definition) is 4. The van der Waals surface area contributed by atoms with Crippen LogP contribution in [0, 0.1) is 0 Å². The van der Waals surface area contributed by atoms with Crippen LogP contribution in [-0.4, -0.2) is 50.3 Å². The van der Waals surface area contributed by atoms with E-state index in [4.69, 9.17) is 0 Å². The first-order valence-electron chi connectivity index (χ1n) is 6.00. The minimum absolute atomic E-state index is 0.140. The van der Waals surface area contributed by atoms with Crippen molar-refractivity contribution in [1.29, 1.82) is 0 Å². The molecule has 4 N–H and O–H groups in total. The van der Waals surface area contributed by atoms with Crippen molar-refractivity contribution in [3.8, 4) is 0 Å². The van der Waals surface area contributed by atoms with Crippen molar-refractivity contribution in [1.82, 2.24) is 21.3 Å². The van der Waals surface area contributed by atoms with Gasteiger partial charge in [0, 0.05) is 13.5 Å². The van der Waals surface area contributed by atoms with E-state index in [1.54, 1.807) is 0 Å². The SMILES string of the molecule is CCCC(=O)NCC(=O)NCC(=O)NCC(=O)NC. The summed E-state index contributed by atoms with van der Waals surface area (Å²) in [5.41, 5.74) is 0. The van der Waals surface area contributed by atoms with E-state index in [0.29, 0.717) is 12.8 Å². The van der Waals surface area contributed by atoms with Gasteiger partial charge in [-0.15, -0.1) is 0 Å². The number of rotatable bonds is 8. The number of likely N-dealkylation sites (N-methyl/N-ethyl adjacent to an activating group) is 1. The zero-order valence-corrected chi connectivity index (χ0v) is 11.2. The van der Waals surface area contributed by atoms with Crippen molar-refractivity contribution >= 4 is 23.6 Å². The molecule has 0 aliphatic heterocycles. The molecule has 0 aliphatic carbocycles. The summed E-state index contributed by atoms with van der Waals surface area (Å²) >= 11 is 0. The summed E-state index contributed by atoms with van der Waals surface area (Å²) in [5, 5.41) is 9.41. The number of carbonyl (C=O) groups is 4. The normalized spacial score (nSPS) is 9.37. The summed E-state index contributed by atoms with van der Waals surface area (Å²) in [6.45, 7) is 1.32. The molecule has 8 heteroatoms. The molecule has 8 nitrogen and oxygen atoms in total. The summed E-state index contributed by atoms with van der Waals surface area (Å²) < 4.78 is 0. The minimum Gasteiger partial charge on any atom is -0.358 e. The molecule has 0 atom stereocenters. The van der Waals surface area contributed by atoms with Crippen LogP contribution in [0.3, 0.4) is 0 Å². The molecule has 0 aliphatic rings. The fourth-order valence-corrected chi connectivity index (χ4v) is 1.07. The molecule has 0 fully saturated rings. The molecule has 0 rings (SSSR count). The van der Waals surface area contributed by atoms with Gasteiger partial charge in [0.2, 0.25) is 23.6 Å². The van der Waals surface area contributed by atoms with Crippen LogP contribution in [0.25, 0.3) is 0 Å². The topological polar surface area (TPSA) is 116 Å². The molecule has 0 aromatic rings. The predicted octanol–water partition coefficient (Wildman–Crippen LogP) is -2.12. The van der Waals surface area contributed by atoms with E-state index >= 15 is 0 Å². The molecule has 0 bridgehead atoms. The maximum Gasteiger partial charge on any atom is 0.239 e. The zero-order valence-electron chi connectivity index (χ0n) is 11.2. The van der Waals surface area contributed by atoms with Crippen LogP contribution in [0.1, 0.15) is 19.8 Å². The Labute approximate surface area is 111 Å². The summed E-state index contributed by atoms with van der Waals surface area (Å²) in [4.78, 5) is 44.4. The Morgan fingerprint density at radius 3 is 1.58 bits per heavy atom. The van der Waals surface area contributed by atoms with Crippen molar-refractivity contribution in [3.05, 3.63) is 0 Å². The molecule has 0 saturated carbocycles. The van der Waals surface area contributed by atoms with Gasteiger partial charge < -0.3 is 21.3 Å². The Balaban J connectivity index is 3.69. The molecule has 0 saturated heterocycles. The Morgan fingerprint density at radius 1 is 0.737 bits per heavy atom. The van der Waals surface area contributed by atoms with Crippen molar-refractivity contribution < 1.29 is 19.2 Å². The Kier molecular flexibility index (Phi) is 8.76. The van der Waals surface area contributed by atoms with Gasteiger partial charge in [0.25, 0.3) is 0 Å². The van der Waals surface area contributed by atoms with Gasteiger partial charge in [-0.05, 0) is 6.42 Å². The standard InChI is InChI=1S/C11H20N4O4/c1-3-4-8(16)13-6-10(18)15-7-11(19)14-5-9(17)12-2/h3-7H2,1-2H3,(H,12,17)(H,13,16)(H,14,19)(H,15,18). The lowest BCUT2D eigenvalue weighted by atomic mass is 10.3. The third kappa shape index (κ3) is 9.57. The lowest BCUT2D eigenvalue weighted by Gasteiger charge is -2.07. The molecule has 108 valence electrons. The fourth-order valence-electron chi connectivity index (χ4n) is 1.07. The third-order valence-corrected chi connectivity index (χ3v) is 2.09. The first-order valence-corrected chi connectivity index (χ1v) is 6.00. The monoisotopic (exact) mass is 272 g/mol. The molecule has 0 aromatic heterocycles. The molecule has 19 heavy (non-hydrogen) atoms. The van der Waals surface area contributed by atoms with E-state index in [1.165, 1.54) is 7.05 Å². The first-order chi connectivity index (χ1) is 8.99. The van der Waals surface area contributed by atoms with Crippen LogP contribution in [0.15, 0.2) is 0 Å². The lowest BCUT2D eigenvalue weighted by Crippen LogP contribution is -2.43. The average molecular weight is 272 g/mol. The summed E-state index contributed by atoms with van der Waals surface area (Å²) in [7, 11) is 1.45. The van der Waals surface area contributed by atoms with Crippen LogP contribution >= 0.6 is 0 Å². The minimum atomic E-state index is -0.475. The van der Waals surface area contributed by atoms with E-state index < -0.39 is 11.8 Å². The average Bonchev–Trinajstić information content (AvgIpc) is 2.40. The quantitative estimate of drug-likeness (QED) is 0.404. The van der Waals surface area contributed by atoms with Gasteiger partial charge in [-0.1, -0.05) is 6.92 Å². The second kappa shape index (κ2) is 9.86. The maximum absolute atomic E-state index is 11.3. The molecular formula is C11H20N4O4. The molecule has 0 spiro atoms. The van der Waals surface area contributed by atoms with Crippen molar-refractivity contribution in [3.63, 3.8) is 0 Å². The highest BCUT2D eigenvalue weighted by molar-refractivity contribution is 5.89. The second-order valence-corrected chi connectivity index (χ2v) is 3.75. The van der Waals surface area contributed by atoms with E-state index in [1.807, 2.05) is 6.92 Å². The molecular weight excluding hydrogens is 252 g/mol. The molecule has 0 heterocycles. The van der Waals surface area contributed by atoms with Crippen LogP contribution in [-0.2, 0) is 19.2 Å². The Hall–Kier alpha value is -2.12. The van der Waals surface area contributed by atoms with E-state index in [0.717, 1.165) is 0 Å². The fraction of sp³-hybridized carbons (Fsp3) is 0.636.